The molecule has 0 saturated carbocycles. The third kappa shape index (κ3) is 5.09. The number of nitrogens with one attached hydrogen (secondary N) is 2. The minimum absolute atomic E-state index is 0.0527. The number of halogens is 1. The quantitative estimate of drug-likeness (QED) is 0.393. The van der Waals surface area contributed by atoms with Gasteiger partial charge in [-0.2, -0.15) is 0 Å². The van der Waals surface area contributed by atoms with Gasteiger partial charge in [-0.25, -0.2) is 9.78 Å². The number of carbonyl (C=O) groups excluding carboxylic acids is 2. The van der Waals surface area contributed by atoms with Crippen LogP contribution < -0.4 is 10.6 Å². The van der Waals surface area contributed by atoms with Gasteiger partial charge in [-0.1, -0.05) is 48.5 Å². The van der Waals surface area contributed by atoms with Crippen LogP contribution in [0.4, 0.5) is 10.5 Å². The van der Waals surface area contributed by atoms with Crippen LogP contribution in [0, 0.1) is 6.92 Å². The van der Waals surface area contributed by atoms with Crippen molar-refractivity contribution in [3.63, 3.8) is 0 Å². The molecule has 0 bridgehead atoms. The molecule has 1 aliphatic rings. The molecule has 2 aromatic carbocycles. The van der Waals surface area contributed by atoms with E-state index in [1.165, 1.54) is 6.20 Å². The third-order valence-corrected chi connectivity index (χ3v) is 6.44. The van der Waals surface area contributed by atoms with Crippen LogP contribution in [0.15, 0.2) is 65.4 Å². The van der Waals surface area contributed by atoms with Gasteiger partial charge in [-0.15, -0.1) is 0 Å². The molecule has 1 aliphatic carbocycles. The molecule has 8 nitrogen and oxygen atoms in total. The molecule has 0 fully saturated rings. The van der Waals surface area contributed by atoms with Gasteiger partial charge in [0.25, 0.3) is 0 Å². The van der Waals surface area contributed by atoms with E-state index in [1.807, 2.05) is 48.5 Å². The largest absolute Gasteiger partial charge is 0.481 e. The number of hydrogen-bond donors (Lipinski definition) is 3. The number of aryl methyl sites for hydroxylation is 1. The number of aliphatic carboxylic acids is 1. The first-order valence-electron chi connectivity index (χ1n) is 10.6. The van der Waals surface area contributed by atoms with Gasteiger partial charge in [-0.05, 0) is 56.7 Å². The summed E-state index contributed by atoms with van der Waals surface area (Å²) >= 11 is 3.28. The number of rotatable bonds is 7. The number of carboxylic acids is 1. The maximum absolute atomic E-state index is 12.7. The zero-order valence-corrected chi connectivity index (χ0v) is 19.8. The second kappa shape index (κ2) is 10.0. The Hall–Kier alpha value is -3.72. The normalized spacial score (nSPS) is 12.9. The Balaban J connectivity index is 1.43. The molecule has 1 aromatic heterocycles. The number of carbonyl (C=O) groups is 3. The van der Waals surface area contributed by atoms with Crippen LogP contribution in [0.1, 0.15) is 29.0 Å². The average molecular weight is 524 g/mol. The summed E-state index contributed by atoms with van der Waals surface area (Å²) in [5.41, 5.74) is 5.46. The summed E-state index contributed by atoms with van der Waals surface area (Å²) < 4.78 is 6.07. The molecule has 9 heteroatoms. The van der Waals surface area contributed by atoms with Crippen LogP contribution in [0.2, 0.25) is 0 Å². The minimum atomic E-state index is -1.32. The second-order valence-corrected chi connectivity index (χ2v) is 8.69. The van der Waals surface area contributed by atoms with E-state index in [9.17, 15) is 19.5 Å². The van der Waals surface area contributed by atoms with Crippen LogP contribution in [-0.2, 0) is 14.3 Å². The van der Waals surface area contributed by atoms with E-state index >= 15 is 0 Å². The SMILES string of the molecule is Cc1cc(NC(=O)C(CC(=O)O)NC(=O)OCC2c3ccccc3-c3ccccc32)cnc1Br. The monoisotopic (exact) mass is 523 g/mol. The number of fused-ring (bicyclic) bond motifs is 3. The third-order valence-electron chi connectivity index (χ3n) is 5.61. The summed E-state index contributed by atoms with van der Waals surface area (Å²) in [7, 11) is 0. The van der Waals surface area contributed by atoms with Crippen molar-refractivity contribution in [3.8, 4) is 11.1 Å². The summed E-state index contributed by atoms with van der Waals surface area (Å²) in [5.74, 6) is -2.06. The van der Waals surface area contributed by atoms with E-state index in [1.54, 1.807) is 13.0 Å². The van der Waals surface area contributed by atoms with Crippen molar-refractivity contribution in [3.05, 3.63) is 82.1 Å². The predicted molar refractivity (Wildman–Crippen MR) is 130 cm³/mol. The van der Waals surface area contributed by atoms with Gasteiger partial charge in [0, 0.05) is 5.92 Å². The molecule has 0 aliphatic heterocycles. The Morgan fingerprint density at radius 2 is 1.71 bits per heavy atom. The Morgan fingerprint density at radius 1 is 1.09 bits per heavy atom. The van der Waals surface area contributed by atoms with Gasteiger partial charge in [-0.3, -0.25) is 9.59 Å². The molecule has 0 saturated heterocycles. The number of nitrogens with zero attached hydrogens (tertiary/aromatic N) is 1. The molecule has 1 atom stereocenters. The standard InChI is InChI=1S/C25H22BrN3O5/c1-14-10-15(12-27-23(14)26)28-24(32)21(11-22(30)31)29-25(33)34-13-20-18-8-4-2-6-16(18)17-7-3-5-9-19(17)20/h2-10,12,20-21H,11,13H2,1H3,(H,28,32)(H,29,33)(H,30,31). The summed E-state index contributed by atoms with van der Waals surface area (Å²) in [6.07, 6.45) is -0.0348. The van der Waals surface area contributed by atoms with Crippen LogP contribution in [0.5, 0.6) is 0 Å². The summed E-state index contributed by atoms with van der Waals surface area (Å²) in [6, 6.07) is 16.2. The van der Waals surface area contributed by atoms with Crippen molar-refractivity contribution < 1.29 is 24.2 Å². The highest BCUT2D eigenvalue weighted by Gasteiger charge is 2.30. The van der Waals surface area contributed by atoms with Gasteiger partial charge in [0.05, 0.1) is 18.3 Å². The lowest BCUT2D eigenvalue weighted by atomic mass is 9.98. The van der Waals surface area contributed by atoms with Crippen molar-refractivity contribution in [1.29, 1.82) is 0 Å². The fraction of sp³-hybridized carbons (Fsp3) is 0.200. The summed E-state index contributed by atoms with van der Waals surface area (Å²) in [5, 5.41) is 14.2. The van der Waals surface area contributed by atoms with Gasteiger partial charge >= 0.3 is 12.1 Å². The lowest BCUT2D eigenvalue weighted by Crippen LogP contribution is -2.45. The number of pyridine rings is 1. The molecule has 3 N–H and O–H groups in total. The van der Waals surface area contributed by atoms with Crippen LogP contribution in [0.3, 0.4) is 0 Å². The molecule has 34 heavy (non-hydrogen) atoms. The fourth-order valence-corrected chi connectivity index (χ4v) is 4.24. The average Bonchev–Trinajstić information content (AvgIpc) is 3.13. The fourth-order valence-electron chi connectivity index (χ4n) is 4.02. The summed E-state index contributed by atoms with van der Waals surface area (Å²) in [4.78, 5) is 40.6. The second-order valence-electron chi connectivity index (χ2n) is 7.94. The maximum atomic E-state index is 12.7. The highest BCUT2D eigenvalue weighted by molar-refractivity contribution is 9.10. The number of hydrogen-bond acceptors (Lipinski definition) is 5. The minimum Gasteiger partial charge on any atom is -0.481 e. The maximum Gasteiger partial charge on any atom is 0.407 e. The first-order valence-corrected chi connectivity index (χ1v) is 11.4. The smallest absolute Gasteiger partial charge is 0.407 e. The number of anilines is 1. The molecular weight excluding hydrogens is 502 g/mol. The van der Waals surface area contributed by atoms with Crippen molar-refractivity contribution in [1.82, 2.24) is 10.3 Å². The van der Waals surface area contributed by atoms with Gasteiger partial charge < -0.3 is 20.5 Å². The Bertz CT molecular complexity index is 1220. The predicted octanol–water partition coefficient (Wildman–Crippen LogP) is 4.47. The number of carboxylic acid groups (broad SMARTS) is 1. The van der Waals surface area contributed by atoms with Gasteiger partial charge in [0.1, 0.15) is 17.3 Å². The number of ether oxygens (including phenoxy) is 1. The number of benzene rings is 2. The summed E-state index contributed by atoms with van der Waals surface area (Å²) in [6.45, 7) is 1.85. The van der Waals surface area contributed by atoms with E-state index in [2.05, 4.69) is 31.5 Å². The zero-order chi connectivity index (χ0) is 24.2. The molecule has 2 amide bonds. The molecule has 1 heterocycles. The Kier molecular flexibility index (Phi) is 6.93. The number of aromatic nitrogens is 1. The van der Waals surface area contributed by atoms with E-state index < -0.39 is 30.4 Å². The highest BCUT2D eigenvalue weighted by Crippen LogP contribution is 2.44. The van der Waals surface area contributed by atoms with Crippen LogP contribution >= 0.6 is 15.9 Å². The van der Waals surface area contributed by atoms with Crippen molar-refractivity contribution in [2.45, 2.75) is 25.3 Å². The van der Waals surface area contributed by atoms with E-state index in [0.29, 0.717) is 10.3 Å². The van der Waals surface area contributed by atoms with E-state index in [-0.39, 0.29) is 12.5 Å². The van der Waals surface area contributed by atoms with Crippen LogP contribution in [-0.4, -0.2) is 40.7 Å². The van der Waals surface area contributed by atoms with Crippen molar-refractivity contribution in [2.75, 3.05) is 11.9 Å². The lowest BCUT2D eigenvalue weighted by Gasteiger charge is -2.19. The highest BCUT2D eigenvalue weighted by atomic mass is 79.9. The van der Waals surface area contributed by atoms with Crippen molar-refractivity contribution >= 4 is 39.6 Å². The van der Waals surface area contributed by atoms with Gasteiger partial charge in [0.15, 0.2) is 0 Å². The van der Waals surface area contributed by atoms with Crippen molar-refractivity contribution in [2.24, 2.45) is 0 Å². The molecule has 3 aromatic rings. The lowest BCUT2D eigenvalue weighted by molar-refractivity contribution is -0.139. The first-order chi connectivity index (χ1) is 16.3. The first kappa shape index (κ1) is 23.4. The molecule has 174 valence electrons. The molecular formula is C25H22BrN3O5. The molecule has 0 radical (unpaired) electrons. The van der Waals surface area contributed by atoms with Crippen LogP contribution in [0.25, 0.3) is 11.1 Å². The van der Waals surface area contributed by atoms with Gasteiger partial charge in [0.2, 0.25) is 5.91 Å². The molecule has 0 spiro atoms. The zero-order valence-electron chi connectivity index (χ0n) is 18.2. The Labute approximate surface area is 204 Å². The van der Waals surface area contributed by atoms with E-state index in [0.717, 1.165) is 27.8 Å². The van der Waals surface area contributed by atoms with E-state index in [4.69, 9.17) is 4.74 Å². The Morgan fingerprint density at radius 3 is 2.29 bits per heavy atom. The molecule has 1 unspecified atom stereocenters. The molecule has 4 rings (SSSR count). The topological polar surface area (TPSA) is 118 Å². The number of alkyl carbamates (subject to hydrolysis) is 1. The number of amides is 2.